The van der Waals surface area contributed by atoms with Crippen LogP contribution in [-0.4, -0.2) is 30.7 Å². The van der Waals surface area contributed by atoms with E-state index in [2.05, 4.69) is 35.9 Å². The van der Waals surface area contributed by atoms with Crippen molar-refractivity contribution in [1.82, 2.24) is 24.8 Å². The molecule has 0 saturated carbocycles. The predicted molar refractivity (Wildman–Crippen MR) is 118 cm³/mol. The Hall–Kier alpha value is -3.39. The standard InChI is InChI=1S/C22H19BrN6O/c1-14-9-16-10-15(3-6-19(16)28-21(14)24)22(30)29(13-20-25-7-2-8-26-20)12-18-5-4-17(23)11-27-18/h2-11H,12-13H2,1H3,(H2,24,28). The first kappa shape index (κ1) is 19.9. The third-order valence-electron chi connectivity index (χ3n) is 4.67. The lowest BCUT2D eigenvalue weighted by Crippen LogP contribution is -2.31. The van der Waals surface area contributed by atoms with E-state index in [0.29, 0.717) is 23.8 Å². The van der Waals surface area contributed by atoms with Crippen LogP contribution in [0.1, 0.15) is 27.4 Å². The van der Waals surface area contributed by atoms with Crippen molar-refractivity contribution in [2.45, 2.75) is 20.0 Å². The second kappa shape index (κ2) is 8.54. The molecule has 0 spiro atoms. The fourth-order valence-corrected chi connectivity index (χ4v) is 3.32. The van der Waals surface area contributed by atoms with Crippen LogP contribution in [-0.2, 0) is 13.1 Å². The maximum atomic E-state index is 13.4. The lowest BCUT2D eigenvalue weighted by Gasteiger charge is -2.22. The molecule has 1 amide bonds. The zero-order valence-corrected chi connectivity index (χ0v) is 17.9. The van der Waals surface area contributed by atoms with E-state index >= 15 is 0 Å². The van der Waals surface area contributed by atoms with Gasteiger partial charge in [0.2, 0.25) is 0 Å². The number of nitrogens with zero attached hydrogens (tertiary/aromatic N) is 5. The summed E-state index contributed by atoms with van der Waals surface area (Å²) in [5.41, 5.74) is 8.86. The molecule has 2 N–H and O–H groups in total. The molecule has 150 valence electrons. The largest absolute Gasteiger partial charge is 0.383 e. The summed E-state index contributed by atoms with van der Waals surface area (Å²) in [5, 5.41) is 0.866. The van der Waals surface area contributed by atoms with Crippen LogP contribution in [0.25, 0.3) is 10.9 Å². The van der Waals surface area contributed by atoms with Gasteiger partial charge in [0.1, 0.15) is 11.6 Å². The molecule has 0 atom stereocenters. The van der Waals surface area contributed by atoms with E-state index in [9.17, 15) is 4.79 Å². The Balaban J connectivity index is 1.67. The molecule has 30 heavy (non-hydrogen) atoms. The number of nitrogen functional groups attached to an aromatic ring is 1. The lowest BCUT2D eigenvalue weighted by molar-refractivity contribution is 0.0723. The maximum Gasteiger partial charge on any atom is 0.254 e. The van der Waals surface area contributed by atoms with Crippen LogP contribution in [0, 0.1) is 6.92 Å². The van der Waals surface area contributed by atoms with Crippen LogP contribution in [0.2, 0.25) is 0 Å². The fourth-order valence-electron chi connectivity index (χ4n) is 3.09. The summed E-state index contributed by atoms with van der Waals surface area (Å²) in [4.78, 5) is 32.4. The number of nitrogens with two attached hydrogens (primary N) is 1. The van der Waals surface area contributed by atoms with Gasteiger partial charge in [0.05, 0.1) is 24.3 Å². The number of hydrogen-bond acceptors (Lipinski definition) is 6. The maximum absolute atomic E-state index is 13.4. The number of fused-ring (bicyclic) bond motifs is 1. The van der Waals surface area contributed by atoms with E-state index < -0.39 is 0 Å². The number of rotatable bonds is 5. The quantitative estimate of drug-likeness (QED) is 0.482. The zero-order valence-electron chi connectivity index (χ0n) is 16.3. The predicted octanol–water partition coefficient (Wildman–Crippen LogP) is 3.92. The van der Waals surface area contributed by atoms with Gasteiger partial charge in [-0.25, -0.2) is 15.0 Å². The monoisotopic (exact) mass is 462 g/mol. The van der Waals surface area contributed by atoms with Gasteiger partial charge in [0.15, 0.2) is 0 Å². The fraction of sp³-hybridized carbons (Fsp3) is 0.136. The zero-order chi connectivity index (χ0) is 21.1. The van der Waals surface area contributed by atoms with Crippen molar-refractivity contribution in [3.8, 4) is 0 Å². The Morgan fingerprint density at radius 2 is 1.87 bits per heavy atom. The van der Waals surface area contributed by atoms with Gasteiger partial charge < -0.3 is 10.6 Å². The minimum absolute atomic E-state index is 0.136. The Kier molecular flexibility index (Phi) is 5.67. The summed E-state index contributed by atoms with van der Waals surface area (Å²) >= 11 is 3.39. The third kappa shape index (κ3) is 4.44. The number of benzene rings is 1. The number of hydrogen-bond donors (Lipinski definition) is 1. The SMILES string of the molecule is Cc1cc2cc(C(=O)N(Cc3ccc(Br)cn3)Cc3ncccn3)ccc2nc1N. The molecule has 0 radical (unpaired) electrons. The molecule has 3 aromatic heterocycles. The summed E-state index contributed by atoms with van der Waals surface area (Å²) in [6.07, 6.45) is 5.04. The number of carbonyl (C=O) groups excluding carboxylic acids is 1. The van der Waals surface area contributed by atoms with Crippen molar-refractivity contribution >= 4 is 38.6 Å². The normalized spacial score (nSPS) is 10.9. The summed E-state index contributed by atoms with van der Waals surface area (Å²) in [5.74, 6) is 0.920. The molecule has 0 aliphatic rings. The lowest BCUT2D eigenvalue weighted by atomic mass is 10.1. The van der Waals surface area contributed by atoms with Crippen LogP contribution in [0.3, 0.4) is 0 Å². The first-order chi connectivity index (χ1) is 14.5. The molecule has 0 aliphatic heterocycles. The minimum atomic E-state index is -0.136. The molecule has 4 rings (SSSR count). The van der Waals surface area contributed by atoms with Gasteiger partial charge in [-0.1, -0.05) is 0 Å². The number of anilines is 1. The number of aromatic nitrogens is 4. The van der Waals surface area contributed by atoms with Gasteiger partial charge >= 0.3 is 0 Å². The second-order valence-electron chi connectivity index (χ2n) is 6.89. The van der Waals surface area contributed by atoms with Crippen molar-refractivity contribution in [3.63, 3.8) is 0 Å². The van der Waals surface area contributed by atoms with E-state index in [4.69, 9.17) is 5.73 Å². The van der Waals surface area contributed by atoms with Crippen LogP contribution in [0.5, 0.6) is 0 Å². The molecule has 0 unspecified atom stereocenters. The highest BCUT2D eigenvalue weighted by atomic mass is 79.9. The van der Waals surface area contributed by atoms with Gasteiger partial charge in [-0.15, -0.1) is 0 Å². The van der Waals surface area contributed by atoms with Crippen molar-refractivity contribution < 1.29 is 4.79 Å². The van der Waals surface area contributed by atoms with Gasteiger partial charge in [-0.2, -0.15) is 0 Å². The molecule has 0 aliphatic carbocycles. The first-order valence-electron chi connectivity index (χ1n) is 9.32. The number of halogens is 1. The molecule has 0 saturated heterocycles. The summed E-state index contributed by atoms with van der Waals surface area (Å²) in [6, 6.07) is 12.9. The van der Waals surface area contributed by atoms with Crippen LogP contribution in [0.4, 0.5) is 5.82 Å². The van der Waals surface area contributed by atoms with E-state index in [1.54, 1.807) is 35.6 Å². The van der Waals surface area contributed by atoms with Crippen molar-refractivity contribution in [2.24, 2.45) is 0 Å². The van der Waals surface area contributed by atoms with E-state index in [1.807, 2.05) is 37.3 Å². The molecule has 4 aromatic rings. The summed E-state index contributed by atoms with van der Waals surface area (Å²) in [6.45, 7) is 2.50. The van der Waals surface area contributed by atoms with Crippen LogP contribution in [0.15, 0.2) is 65.5 Å². The van der Waals surface area contributed by atoms with Crippen molar-refractivity contribution in [2.75, 3.05) is 5.73 Å². The number of amides is 1. The van der Waals surface area contributed by atoms with E-state index in [-0.39, 0.29) is 12.5 Å². The molecule has 0 fully saturated rings. The first-order valence-corrected chi connectivity index (χ1v) is 10.1. The highest BCUT2D eigenvalue weighted by Gasteiger charge is 2.19. The van der Waals surface area contributed by atoms with Gasteiger partial charge in [-0.3, -0.25) is 9.78 Å². The number of pyridine rings is 2. The molecule has 1 aromatic carbocycles. The van der Waals surface area contributed by atoms with Gasteiger partial charge in [-0.05, 0) is 70.9 Å². The molecule has 7 nitrogen and oxygen atoms in total. The minimum Gasteiger partial charge on any atom is -0.383 e. The summed E-state index contributed by atoms with van der Waals surface area (Å²) < 4.78 is 0.882. The molecule has 8 heteroatoms. The van der Waals surface area contributed by atoms with E-state index in [1.165, 1.54) is 0 Å². The second-order valence-corrected chi connectivity index (χ2v) is 7.81. The Labute approximate surface area is 182 Å². The van der Waals surface area contributed by atoms with Crippen LogP contribution < -0.4 is 5.73 Å². The van der Waals surface area contributed by atoms with Crippen molar-refractivity contribution in [1.29, 1.82) is 0 Å². The van der Waals surface area contributed by atoms with Crippen molar-refractivity contribution in [3.05, 3.63) is 88.2 Å². The molecular weight excluding hydrogens is 444 g/mol. The Morgan fingerprint density at radius 3 is 2.60 bits per heavy atom. The highest BCUT2D eigenvalue weighted by Crippen LogP contribution is 2.21. The van der Waals surface area contributed by atoms with Crippen LogP contribution >= 0.6 is 15.9 Å². The molecule has 3 heterocycles. The van der Waals surface area contributed by atoms with Gasteiger partial charge in [0, 0.05) is 34.0 Å². The van der Waals surface area contributed by atoms with Gasteiger partial charge in [0.25, 0.3) is 5.91 Å². The topological polar surface area (TPSA) is 97.9 Å². The number of aryl methyl sites for hydroxylation is 1. The molecular formula is C22H19BrN6O. The number of carbonyl (C=O) groups is 1. The Morgan fingerprint density at radius 1 is 1.07 bits per heavy atom. The summed E-state index contributed by atoms with van der Waals surface area (Å²) in [7, 11) is 0. The average molecular weight is 463 g/mol. The smallest absolute Gasteiger partial charge is 0.254 e. The highest BCUT2D eigenvalue weighted by molar-refractivity contribution is 9.10. The Bertz CT molecular complexity index is 1200. The third-order valence-corrected chi connectivity index (χ3v) is 5.14. The average Bonchev–Trinajstić information content (AvgIpc) is 2.75. The van der Waals surface area contributed by atoms with E-state index in [0.717, 1.165) is 26.6 Å². The molecule has 0 bridgehead atoms.